The molecule has 6 heteroatoms. The molecule has 0 heterocycles. The van der Waals surface area contributed by atoms with E-state index in [1.807, 2.05) is 0 Å². The third-order valence-corrected chi connectivity index (χ3v) is 5.79. The SMILES string of the molecule is CN(C1CCCCC1)S(=O)(=O)c1cccc(C(N)=O)c1. The lowest BCUT2D eigenvalue weighted by molar-refractivity contribution is 0.1000. The van der Waals surface area contributed by atoms with Gasteiger partial charge in [-0.2, -0.15) is 4.31 Å². The van der Waals surface area contributed by atoms with Crippen molar-refractivity contribution < 1.29 is 13.2 Å². The molecule has 1 amide bonds. The minimum Gasteiger partial charge on any atom is -0.366 e. The smallest absolute Gasteiger partial charge is 0.248 e. The van der Waals surface area contributed by atoms with Crippen LogP contribution in [0.3, 0.4) is 0 Å². The number of carbonyl (C=O) groups is 1. The first-order valence-corrected chi connectivity index (χ1v) is 8.25. The van der Waals surface area contributed by atoms with Crippen LogP contribution in [0.4, 0.5) is 0 Å². The molecule has 0 unspecified atom stereocenters. The van der Waals surface area contributed by atoms with E-state index >= 15 is 0 Å². The number of carbonyl (C=O) groups excluding carboxylic acids is 1. The number of nitrogens with two attached hydrogens (primary N) is 1. The molecule has 0 aromatic heterocycles. The summed E-state index contributed by atoms with van der Waals surface area (Å²) in [4.78, 5) is 11.3. The van der Waals surface area contributed by atoms with Crippen molar-refractivity contribution in [2.45, 2.75) is 43.0 Å². The lowest BCUT2D eigenvalue weighted by Crippen LogP contribution is -2.38. The maximum absolute atomic E-state index is 12.6. The second kappa shape index (κ2) is 5.93. The van der Waals surface area contributed by atoms with Crippen molar-refractivity contribution in [2.24, 2.45) is 5.73 Å². The van der Waals surface area contributed by atoms with Crippen LogP contribution in [-0.2, 0) is 10.0 Å². The molecule has 1 fully saturated rings. The van der Waals surface area contributed by atoms with Crippen molar-refractivity contribution in [2.75, 3.05) is 7.05 Å². The number of hydrogen-bond donors (Lipinski definition) is 1. The highest BCUT2D eigenvalue weighted by Gasteiger charge is 2.29. The van der Waals surface area contributed by atoms with Gasteiger partial charge < -0.3 is 5.73 Å². The predicted molar refractivity (Wildman–Crippen MR) is 76.8 cm³/mol. The largest absolute Gasteiger partial charge is 0.366 e. The Morgan fingerprint density at radius 1 is 1.25 bits per heavy atom. The Hall–Kier alpha value is -1.40. The van der Waals surface area contributed by atoms with E-state index in [-0.39, 0.29) is 16.5 Å². The third-order valence-electron chi connectivity index (χ3n) is 3.88. The van der Waals surface area contributed by atoms with E-state index in [2.05, 4.69) is 0 Å². The summed E-state index contributed by atoms with van der Waals surface area (Å²) in [6.07, 6.45) is 5.08. The van der Waals surface area contributed by atoms with Gasteiger partial charge in [0.2, 0.25) is 15.9 Å². The number of rotatable bonds is 4. The first-order valence-electron chi connectivity index (χ1n) is 6.81. The van der Waals surface area contributed by atoms with Gasteiger partial charge >= 0.3 is 0 Å². The highest BCUT2D eigenvalue weighted by molar-refractivity contribution is 7.89. The molecule has 0 atom stereocenters. The molecule has 1 aliphatic carbocycles. The molecule has 2 rings (SSSR count). The first kappa shape index (κ1) is 15.0. The van der Waals surface area contributed by atoms with Crippen molar-refractivity contribution in [1.29, 1.82) is 0 Å². The lowest BCUT2D eigenvalue weighted by atomic mass is 9.96. The van der Waals surface area contributed by atoms with Crippen LogP contribution < -0.4 is 5.73 Å². The van der Waals surface area contributed by atoms with Gasteiger partial charge in [-0.15, -0.1) is 0 Å². The van der Waals surface area contributed by atoms with Crippen molar-refractivity contribution in [1.82, 2.24) is 4.31 Å². The van der Waals surface area contributed by atoms with Gasteiger partial charge in [-0.3, -0.25) is 4.79 Å². The lowest BCUT2D eigenvalue weighted by Gasteiger charge is -2.30. The zero-order valence-corrected chi connectivity index (χ0v) is 12.4. The monoisotopic (exact) mass is 296 g/mol. The maximum atomic E-state index is 12.6. The topological polar surface area (TPSA) is 80.5 Å². The van der Waals surface area contributed by atoms with Crippen LogP contribution in [0, 0.1) is 0 Å². The highest BCUT2D eigenvalue weighted by Crippen LogP contribution is 2.26. The molecule has 20 heavy (non-hydrogen) atoms. The zero-order chi connectivity index (χ0) is 14.8. The van der Waals surface area contributed by atoms with Gasteiger partial charge in [0.15, 0.2) is 0 Å². The fourth-order valence-corrected chi connectivity index (χ4v) is 4.08. The van der Waals surface area contributed by atoms with Crippen LogP contribution in [0.15, 0.2) is 29.2 Å². The van der Waals surface area contributed by atoms with E-state index in [4.69, 9.17) is 5.73 Å². The molecular formula is C14H20N2O3S. The molecule has 0 radical (unpaired) electrons. The summed E-state index contributed by atoms with van der Waals surface area (Å²) in [6, 6.07) is 5.95. The van der Waals surface area contributed by atoms with Gasteiger partial charge in [0.05, 0.1) is 4.90 Å². The molecule has 2 N–H and O–H groups in total. The van der Waals surface area contributed by atoms with Crippen molar-refractivity contribution in [3.05, 3.63) is 29.8 Å². The summed E-state index contributed by atoms with van der Waals surface area (Å²) in [5, 5.41) is 0. The predicted octanol–water partition coefficient (Wildman–Crippen LogP) is 1.74. The number of primary amides is 1. The standard InChI is InChI=1S/C14H20N2O3S/c1-16(12-7-3-2-4-8-12)20(18,19)13-9-5-6-11(10-13)14(15)17/h5-6,9-10,12H,2-4,7-8H2,1H3,(H2,15,17). The molecule has 1 saturated carbocycles. The van der Waals surface area contributed by atoms with Crippen molar-refractivity contribution in [3.63, 3.8) is 0 Å². The second-order valence-corrected chi connectivity index (χ2v) is 7.20. The van der Waals surface area contributed by atoms with Crippen molar-refractivity contribution >= 4 is 15.9 Å². The van der Waals surface area contributed by atoms with Gasteiger partial charge in [-0.1, -0.05) is 25.3 Å². The second-order valence-electron chi connectivity index (χ2n) is 5.21. The molecule has 0 bridgehead atoms. The Morgan fingerprint density at radius 2 is 1.90 bits per heavy atom. The Kier molecular flexibility index (Phi) is 4.45. The van der Waals surface area contributed by atoms with E-state index in [0.29, 0.717) is 0 Å². The van der Waals surface area contributed by atoms with Crippen LogP contribution in [0.5, 0.6) is 0 Å². The number of nitrogens with zero attached hydrogens (tertiary/aromatic N) is 1. The van der Waals surface area contributed by atoms with Crippen molar-refractivity contribution in [3.8, 4) is 0 Å². The fraction of sp³-hybridized carbons (Fsp3) is 0.500. The van der Waals surface area contributed by atoms with Gasteiger partial charge in [0, 0.05) is 18.7 Å². The summed E-state index contributed by atoms with van der Waals surface area (Å²) in [5.41, 5.74) is 5.41. The quantitative estimate of drug-likeness (QED) is 0.919. The number of amides is 1. The Bertz CT molecular complexity index is 592. The molecular weight excluding hydrogens is 276 g/mol. The normalized spacial score (nSPS) is 17.3. The Balaban J connectivity index is 2.29. The van der Waals surface area contributed by atoms with Crippen LogP contribution in [0.1, 0.15) is 42.5 Å². The van der Waals surface area contributed by atoms with Crippen LogP contribution >= 0.6 is 0 Å². The molecule has 0 aliphatic heterocycles. The van der Waals surface area contributed by atoms with E-state index < -0.39 is 15.9 Å². The number of sulfonamides is 1. The average molecular weight is 296 g/mol. The van der Waals surface area contributed by atoms with E-state index in [0.717, 1.165) is 25.7 Å². The highest BCUT2D eigenvalue weighted by atomic mass is 32.2. The number of hydrogen-bond acceptors (Lipinski definition) is 3. The van der Waals surface area contributed by atoms with Crippen LogP contribution in [-0.4, -0.2) is 31.7 Å². The zero-order valence-electron chi connectivity index (χ0n) is 11.6. The molecule has 0 saturated heterocycles. The molecule has 1 aromatic carbocycles. The van der Waals surface area contributed by atoms with Gasteiger partial charge in [-0.25, -0.2) is 8.42 Å². The molecule has 5 nitrogen and oxygen atoms in total. The van der Waals surface area contributed by atoms with E-state index in [1.54, 1.807) is 13.1 Å². The summed E-state index contributed by atoms with van der Waals surface area (Å²) in [7, 11) is -1.96. The van der Waals surface area contributed by atoms with Gasteiger partial charge in [-0.05, 0) is 31.0 Å². The maximum Gasteiger partial charge on any atom is 0.248 e. The summed E-state index contributed by atoms with van der Waals surface area (Å²) >= 11 is 0. The van der Waals surface area contributed by atoms with E-state index in [1.165, 1.54) is 28.9 Å². The first-order chi connectivity index (χ1) is 9.43. The average Bonchev–Trinajstić information content (AvgIpc) is 2.47. The molecule has 0 spiro atoms. The fourth-order valence-electron chi connectivity index (χ4n) is 2.62. The summed E-state index contributed by atoms with van der Waals surface area (Å²) < 4.78 is 26.6. The minimum atomic E-state index is -3.57. The summed E-state index contributed by atoms with van der Waals surface area (Å²) in [5.74, 6) is -0.623. The van der Waals surface area contributed by atoms with Crippen LogP contribution in [0.25, 0.3) is 0 Å². The van der Waals surface area contributed by atoms with Gasteiger partial charge in [0.25, 0.3) is 0 Å². The number of benzene rings is 1. The molecule has 110 valence electrons. The minimum absolute atomic E-state index is 0.0472. The van der Waals surface area contributed by atoms with E-state index in [9.17, 15) is 13.2 Å². The molecule has 1 aromatic rings. The van der Waals surface area contributed by atoms with Crippen LogP contribution in [0.2, 0.25) is 0 Å². The third kappa shape index (κ3) is 3.02. The Morgan fingerprint density at radius 3 is 2.50 bits per heavy atom. The van der Waals surface area contributed by atoms with Gasteiger partial charge in [0.1, 0.15) is 0 Å². The molecule has 1 aliphatic rings. The summed E-state index contributed by atoms with van der Waals surface area (Å²) in [6.45, 7) is 0. The Labute approximate surface area is 119 Å².